The number of methoxy groups -OCH3 is 5. The van der Waals surface area contributed by atoms with Gasteiger partial charge in [-0.3, -0.25) is 9.10 Å². The molecule has 1 N–H and O–H groups in total. The molecule has 0 saturated carbocycles. The normalized spacial score (nSPS) is 10.9. The van der Waals surface area contributed by atoms with Crippen LogP contribution in [0.4, 0.5) is 10.1 Å². The van der Waals surface area contributed by atoms with Gasteiger partial charge in [-0.2, -0.15) is 0 Å². The van der Waals surface area contributed by atoms with E-state index >= 15 is 0 Å². The minimum Gasteiger partial charge on any atom is -0.493 e. The first-order chi connectivity index (χ1) is 18.2. The van der Waals surface area contributed by atoms with Crippen molar-refractivity contribution in [3.63, 3.8) is 0 Å². The second kappa shape index (κ2) is 12.4. The molecule has 3 aromatic rings. The summed E-state index contributed by atoms with van der Waals surface area (Å²) in [5.41, 5.74) is 0.730. The Morgan fingerprint density at radius 2 is 1.37 bits per heavy atom. The highest BCUT2D eigenvalue weighted by Gasteiger charge is 2.28. The fourth-order valence-corrected chi connectivity index (χ4v) is 5.09. The van der Waals surface area contributed by atoms with Gasteiger partial charge in [-0.25, -0.2) is 12.8 Å². The van der Waals surface area contributed by atoms with E-state index in [2.05, 4.69) is 5.32 Å². The lowest BCUT2D eigenvalue weighted by atomic mass is 10.1. The fourth-order valence-electron chi connectivity index (χ4n) is 3.65. The molecular weight excluding hydrogens is 519 g/mol. The van der Waals surface area contributed by atoms with Gasteiger partial charge in [-0.1, -0.05) is 0 Å². The number of nitrogens with zero attached hydrogens (tertiary/aromatic N) is 1. The first kappa shape index (κ1) is 28.4. The number of carbonyl (C=O) groups excluding carboxylic acids is 1. The van der Waals surface area contributed by atoms with E-state index in [0.29, 0.717) is 28.6 Å². The third-order valence-corrected chi connectivity index (χ3v) is 7.33. The van der Waals surface area contributed by atoms with Crippen molar-refractivity contribution in [2.75, 3.05) is 46.4 Å². The van der Waals surface area contributed by atoms with Crippen LogP contribution < -0.4 is 33.3 Å². The molecule has 0 bridgehead atoms. The molecule has 0 aliphatic rings. The molecule has 0 spiro atoms. The highest BCUT2D eigenvalue weighted by atomic mass is 32.2. The summed E-state index contributed by atoms with van der Waals surface area (Å²) in [6.07, 6.45) is 0. The van der Waals surface area contributed by atoms with Gasteiger partial charge >= 0.3 is 0 Å². The predicted octanol–water partition coefficient (Wildman–Crippen LogP) is 3.38. The number of carbonyl (C=O) groups is 1. The van der Waals surface area contributed by atoms with Crippen molar-refractivity contribution in [3.8, 4) is 28.7 Å². The van der Waals surface area contributed by atoms with Crippen molar-refractivity contribution in [2.45, 2.75) is 11.4 Å². The molecule has 0 radical (unpaired) electrons. The number of hydrogen-bond donors (Lipinski definition) is 1. The SMILES string of the molecule is COc1ccc(S(=O)(=O)N(CC(=O)NCc2cc(OC)c(OC)c(OC)c2)c2ccc(F)cc2)cc1OC. The summed E-state index contributed by atoms with van der Waals surface area (Å²) >= 11 is 0. The molecule has 0 atom stereocenters. The van der Waals surface area contributed by atoms with E-state index in [9.17, 15) is 17.6 Å². The number of rotatable bonds is 12. The maximum Gasteiger partial charge on any atom is 0.264 e. The molecule has 0 aromatic heterocycles. The van der Waals surface area contributed by atoms with Crippen molar-refractivity contribution >= 4 is 21.6 Å². The number of amides is 1. The Kier molecular flexibility index (Phi) is 9.24. The van der Waals surface area contributed by atoms with Crippen molar-refractivity contribution < 1.29 is 41.3 Å². The first-order valence-electron chi connectivity index (χ1n) is 11.2. The van der Waals surface area contributed by atoms with E-state index in [4.69, 9.17) is 23.7 Å². The van der Waals surface area contributed by atoms with Gasteiger partial charge in [-0.05, 0) is 54.1 Å². The lowest BCUT2D eigenvalue weighted by molar-refractivity contribution is -0.119. The Morgan fingerprint density at radius 3 is 1.89 bits per heavy atom. The number of sulfonamides is 1. The summed E-state index contributed by atoms with van der Waals surface area (Å²) in [4.78, 5) is 12.8. The van der Waals surface area contributed by atoms with Gasteiger partial charge in [0.2, 0.25) is 11.7 Å². The molecule has 0 fully saturated rings. The summed E-state index contributed by atoms with van der Waals surface area (Å²) < 4.78 is 68.1. The van der Waals surface area contributed by atoms with E-state index in [-0.39, 0.29) is 22.9 Å². The minimum atomic E-state index is -4.27. The molecule has 0 heterocycles. The van der Waals surface area contributed by atoms with Gasteiger partial charge in [0, 0.05) is 12.6 Å². The number of anilines is 1. The molecule has 0 unspecified atom stereocenters. The van der Waals surface area contributed by atoms with Crippen LogP contribution in [0.25, 0.3) is 0 Å². The molecule has 38 heavy (non-hydrogen) atoms. The van der Waals surface area contributed by atoms with E-state index in [0.717, 1.165) is 16.4 Å². The van der Waals surface area contributed by atoms with E-state index < -0.39 is 28.3 Å². The maximum atomic E-state index is 13.6. The van der Waals surface area contributed by atoms with Crippen LogP contribution in [0.1, 0.15) is 5.56 Å². The van der Waals surface area contributed by atoms with Crippen molar-refractivity contribution in [1.29, 1.82) is 0 Å². The zero-order valence-corrected chi connectivity index (χ0v) is 22.4. The number of ether oxygens (including phenoxy) is 5. The molecule has 1 amide bonds. The van der Waals surface area contributed by atoms with Crippen LogP contribution in [0.15, 0.2) is 59.5 Å². The van der Waals surface area contributed by atoms with Gasteiger partial charge < -0.3 is 29.0 Å². The molecule has 10 nitrogen and oxygen atoms in total. The van der Waals surface area contributed by atoms with Crippen molar-refractivity contribution in [3.05, 3.63) is 66.0 Å². The van der Waals surface area contributed by atoms with Crippen LogP contribution in [0.3, 0.4) is 0 Å². The molecule has 3 rings (SSSR count). The third kappa shape index (κ3) is 6.20. The highest BCUT2D eigenvalue weighted by Crippen LogP contribution is 2.38. The van der Waals surface area contributed by atoms with Gasteiger partial charge in [0.15, 0.2) is 23.0 Å². The zero-order chi connectivity index (χ0) is 27.9. The summed E-state index contributed by atoms with van der Waals surface area (Å²) in [5.74, 6) is 0.576. The van der Waals surface area contributed by atoms with Crippen molar-refractivity contribution in [2.24, 2.45) is 0 Å². The summed E-state index contributed by atoms with van der Waals surface area (Å²) in [6.45, 7) is -0.532. The van der Waals surface area contributed by atoms with Crippen LogP contribution in [0, 0.1) is 5.82 Å². The Morgan fingerprint density at radius 1 is 0.789 bits per heavy atom. The van der Waals surface area contributed by atoms with E-state index in [1.54, 1.807) is 12.1 Å². The molecule has 0 aliphatic heterocycles. The van der Waals surface area contributed by atoms with E-state index in [1.165, 1.54) is 65.9 Å². The lowest BCUT2D eigenvalue weighted by Gasteiger charge is -2.24. The average Bonchev–Trinajstić information content (AvgIpc) is 2.94. The monoisotopic (exact) mass is 548 g/mol. The predicted molar refractivity (Wildman–Crippen MR) is 138 cm³/mol. The molecule has 0 saturated heterocycles. The van der Waals surface area contributed by atoms with Crippen molar-refractivity contribution in [1.82, 2.24) is 5.32 Å². The topological polar surface area (TPSA) is 113 Å². The zero-order valence-electron chi connectivity index (χ0n) is 21.6. The number of hydrogen-bond acceptors (Lipinski definition) is 8. The summed E-state index contributed by atoms with van der Waals surface area (Å²) in [7, 11) is 2.95. The van der Waals surface area contributed by atoms with Gasteiger partial charge in [-0.15, -0.1) is 0 Å². The van der Waals surface area contributed by atoms with Crippen LogP contribution in [-0.4, -0.2) is 56.4 Å². The lowest BCUT2D eigenvalue weighted by Crippen LogP contribution is -2.40. The number of nitrogens with one attached hydrogen (secondary N) is 1. The Hall–Kier alpha value is -4.19. The highest BCUT2D eigenvalue weighted by molar-refractivity contribution is 7.92. The maximum absolute atomic E-state index is 13.6. The Bertz CT molecular complexity index is 1360. The molecule has 204 valence electrons. The largest absolute Gasteiger partial charge is 0.493 e. The summed E-state index contributed by atoms with van der Waals surface area (Å²) in [5, 5.41) is 2.70. The van der Waals surface area contributed by atoms with Crippen LogP contribution in [0.2, 0.25) is 0 Å². The van der Waals surface area contributed by atoms with Crippen LogP contribution >= 0.6 is 0 Å². The van der Waals surface area contributed by atoms with Crippen LogP contribution in [0.5, 0.6) is 28.7 Å². The molecule has 0 aliphatic carbocycles. The number of benzene rings is 3. The quantitative estimate of drug-likeness (QED) is 0.367. The average molecular weight is 549 g/mol. The third-order valence-electron chi connectivity index (χ3n) is 5.56. The number of halogens is 1. The molecular formula is C26H29FN2O8S. The second-order valence-corrected chi connectivity index (χ2v) is 9.68. The first-order valence-corrected chi connectivity index (χ1v) is 12.7. The Balaban J connectivity index is 1.90. The molecule has 3 aromatic carbocycles. The second-order valence-electron chi connectivity index (χ2n) is 7.82. The van der Waals surface area contributed by atoms with Gasteiger partial charge in [0.05, 0.1) is 46.1 Å². The summed E-state index contributed by atoms with van der Waals surface area (Å²) in [6, 6.07) is 12.2. The Labute approximate surface area is 220 Å². The standard InChI is InChI=1S/C26H29FN2O8S/c1-33-21-11-10-20(14-22(21)34-2)38(31,32)29(19-8-6-18(27)7-9-19)16-25(30)28-15-17-12-23(35-3)26(37-5)24(13-17)36-4/h6-14H,15-16H2,1-5H3,(H,28,30). The smallest absolute Gasteiger partial charge is 0.264 e. The minimum absolute atomic E-state index is 0.0449. The van der Waals surface area contributed by atoms with E-state index in [1.807, 2.05) is 0 Å². The van der Waals surface area contributed by atoms with Gasteiger partial charge in [0.25, 0.3) is 10.0 Å². The van der Waals surface area contributed by atoms with Crippen LogP contribution in [-0.2, 0) is 21.4 Å². The molecule has 12 heteroatoms. The fraction of sp³-hybridized carbons (Fsp3) is 0.269. The van der Waals surface area contributed by atoms with Gasteiger partial charge in [0.1, 0.15) is 12.4 Å².